The minimum atomic E-state index is -0.449. The van der Waals surface area contributed by atoms with E-state index in [1.54, 1.807) is 13.2 Å². The lowest BCUT2D eigenvalue weighted by Crippen LogP contribution is -2.32. The van der Waals surface area contributed by atoms with Crippen LogP contribution < -0.4 is 0 Å². The zero-order valence-electron chi connectivity index (χ0n) is 8.93. The number of hydrogen-bond donors (Lipinski definition) is 0. The molecule has 1 amide bonds. The second-order valence-corrected chi connectivity index (χ2v) is 3.14. The molecule has 1 aromatic heterocycles. The largest absolute Gasteiger partial charge is 0.468 e. The van der Waals surface area contributed by atoms with Gasteiger partial charge in [0.2, 0.25) is 0 Å². The van der Waals surface area contributed by atoms with E-state index >= 15 is 0 Å². The van der Waals surface area contributed by atoms with Crippen LogP contribution in [0.1, 0.15) is 10.4 Å². The highest BCUT2D eigenvalue weighted by Gasteiger charge is 2.16. The van der Waals surface area contributed by atoms with E-state index in [4.69, 9.17) is 0 Å². The fraction of sp³-hybridized carbons (Fsp3) is 0.444. The Labute approximate surface area is 87.4 Å². The van der Waals surface area contributed by atoms with E-state index in [1.165, 1.54) is 29.9 Å². The normalized spacial score (nSPS) is 9.80. The van der Waals surface area contributed by atoms with Crippen molar-refractivity contribution in [3.63, 3.8) is 0 Å². The highest BCUT2D eigenvalue weighted by molar-refractivity contribution is 5.95. The molecule has 0 atom stereocenters. The summed E-state index contributed by atoms with van der Waals surface area (Å²) < 4.78 is 5.99. The lowest BCUT2D eigenvalue weighted by Gasteiger charge is -2.13. The van der Waals surface area contributed by atoms with Crippen LogP contribution in [0.5, 0.6) is 0 Å². The molecule has 15 heavy (non-hydrogen) atoms. The number of hydrogen-bond acceptors (Lipinski definition) is 4. The zero-order valence-corrected chi connectivity index (χ0v) is 8.93. The molecule has 0 radical (unpaired) electrons. The Morgan fingerprint density at radius 2 is 2.27 bits per heavy atom. The number of likely N-dealkylation sites (N-methyl/N-ethyl adjacent to an activating group) is 1. The number of esters is 1. The van der Waals surface area contributed by atoms with Crippen LogP contribution in [0.25, 0.3) is 0 Å². The number of ether oxygens (including phenoxy) is 1. The SMILES string of the molecule is COC(=O)CN(C)C(=O)c1cnn(C)c1. The van der Waals surface area contributed by atoms with Gasteiger partial charge in [-0.05, 0) is 0 Å². The van der Waals surface area contributed by atoms with Crippen LogP contribution in [0.2, 0.25) is 0 Å². The third-order valence-electron chi connectivity index (χ3n) is 1.89. The van der Waals surface area contributed by atoms with Crippen molar-refractivity contribution >= 4 is 11.9 Å². The predicted octanol–water partition coefficient (Wildman–Crippen LogP) is -0.335. The molecule has 0 spiro atoms. The molecule has 0 N–H and O–H groups in total. The molecule has 1 aromatic rings. The van der Waals surface area contributed by atoms with E-state index in [0.29, 0.717) is 5.56 Å². The van der Waals surface area contributed by atoms with Crippen molar-refractivity contribution in [2.45, 2.75) is 0 Å². The summed E-state index contributed by atoms with van der Waals surface area (Å²) in [5.41, 5.74) is 0.448. The van der Waals surface area contributed by atoms with Gasteiger partial charge in [-0.2, -0.15) is 5.10 Å². The lowest BCUT2D eigenvalue weighted by atomic mass is 10.3. The van der Waals surface area contributed by atoms with Crippen molar-refractivity contribution in [2.75, 3.05) is 20.7 Å². The number of rotatable bonds is 3. The number of carbonyl (C=O) groups is 2. The van der Waals surface area contributed by atoms with E-state index < -0.39 is 5.97 Å². The second kappa shape index (κ2) is 4.59. The van der Waals surface area contributed by atoms with E-state index in [-0.39, 0.29) is 12.5 Å². The van der Waals surface area contributed by atoms with Gasteiger partial charge in [0.1, 0.15) is 6.54 Å². The molecule has 6 heteroatoms. The van der Waals surface area contributed by atoms with Crippen LogP contribution in [0.4, 0.5) is 0 Å². The minimum absolute atomic E-state index is 0.0653. The molecule has 0 unspecified atom stereocenters. The Bertz CT molecular complexity index is 372. The third kappa shape index (κ3) is 2.80. The molecule has 0 aromatic carbocycles. The first-order valence-corrected chi connectivity index (χ1v) is 4.35. The van der Waals surface area contributed by atoms with Crippen LogP contribution in [0.15, 0.2) is 12.4 Å². The van der Waals surface area contributed by atoms with Crippen molar-refractivity contribution < 1.29 is 14.3 Å². The predicted molar refractivity (Wildman–Crippen MR) is 52.2 cm³/mol. The Morgan fingerprint density at radius 3 is 2.73 bits per heavy atom. The van der Waals surface area contributed by atoms with Gasteiger partial charge >= 0.3 is 5.97 Å². The van der Waals surface area contributed by atoms with Crippen molar-refractivity contribution in [2.24, 2.45) is 7.05 Å². The van der Waals surface area contributed by atoms with Crippen molar-refractivity contribution in [1.29, 1.82) is 0 Å². The molecule has 0 bridgehead atoms. The van der Waals surface area contributed by atoms with Crippen LogP contribution >= 0.6 is 0 Å². The quantitative estimate of drug-likeness (QED) is 0.642. The number of nitrogens with zero attached hydrogens (tertiary/aromatic N) is 3. The van der Waals surface area contributed by atoms with Crippen molar-refractivity contribution in [3.05, 3.63) is 18.0 Å². The summed E-state index contributed by atoms with van der Waals surface area (Å²) in [4.78, 5) is 23.9. The fourth-order valence-electron chi connectivity index (χ4n) is 1.08. The van der Waals surface area contributed by atoms with Gasteiger partial charge < -0.3 is 9.64 Å². The fourth-order valence-corrected chi connectivity index (χ4v) is 1.08. The van der Waals surface area contributed by atoms with Crippen LogP contribution in [0.3, 0.4) is 0 Å². The summed E-state index contributed by atoms with van der Waals surface area (Å²) in [5, 5.41) is 3.87. The Kier molecular flexibility index (Phi) is 3.43. The van der Waals surface area contributed by atoms with Gasteiger partial charge in [-0.25, -0.2) is 0 Å². The maximum absolute atomic E-state index is 11.7. The average molecular weight is 211 g/mol. The van der Waals surface area contributed by atoms with E-state index in [0.717, 1.165) is 0 Å². The molecule has 0 aliphatic carbocycles. The summed E-state index contributed by atoms with van der Waals surface area (Å²) in [6, 6.07) is 0. The zero-order chi connectivity index (χ0) is 11.4. The number of carbonyl (C=O) groups excluding carboxylic acids is 2. The first-order chi connectivity index (χ1) is 7.04. The van der Waals surface area contributed by atoms with Crippen molar-refractivity contribution in [3.8, 4) is 0 Å². The first kappa shape index (κ1) is 11.2. The molecule has 6 nitrogen and oxygen atoms in total. The smallest absolute Gasteiger partial charge is 0.325 e. The molecule has 0 fully saturated rings. The molecular weight excluding hydrogens is 198 g/mol. The third-order valence-corrected chi connectivity index (χ3v) is 1.89. The summed E-state index contributed by atoms with van der Waals surface area (Å²) in [6.07, 6.45) is 3.05. The summed E-state index contributed by atoms with van der Waals surface area (Å²) in [7, 11) is 4.54. The molecule has 1 rings (SSSR count). The van der Waals surface area contributed by atoms with E-state index in [9.17, 15) is 9.59 Å². The summed E-state index contributed by atoms with van der Waals surface area (Å²) in [6.45, 7) is -0.0653. The molecule has 82 valence electrons. The van der Waals surface area contributed by atoms with Gasteiger partial charge in [0.05, 0.1) is 18.9 Å². The molecule has 0 aliphatic heterocycles. The number of amides is 1. The van der Waals surface area contributed by atoms with E-state index in [2.05, 4.69) is 9.84 Å². The maximum atomic E-state index is 11.7. The van der Waals surface area contributed by atoms with Crippen LogP contribution in [0, 0.1) is 0 Å². The Morgan fingerprint density at radius 1 is 1.60 bits per heavy atom. The van der Waals surface area contributed by atoms with Gasteiger partial charge in [-0.15, -0.1) is 0 Å². The van der Waals surface area contributed by atoms with Gasteiger partial charge in [-0.3, -0.25) is 14.3 Å². The summed E-state index contributed by atoms with van der Waals surface area (Å²) >= 11 is 0. The van der Waals surface area contributed by atoms with Crippen molar-refractivity contribution in [1.82, 2.24) is 14.7 Å². The van der Waals surface area contributed by atoms with Gasteiger partial charge in [0.15, 0.2) is 0 Å². The molecule has 0 aliphatic rings. The van der Waals surface area contributed by atoms with E-state index in [1.807, 2.05) is 0 Å². The lowest BCUT2D eigenvalue weighted by molar-refractivity contribution is -0.141. The topological polar surface area (TPSA) is 64.4 Å². The minimum Gasteiger partial charge on any atom is -0.468 e. The second-order valence-electron chi connectivity index (χ2n) is 3.14. The first-order valence-electron chi connectivity index (χ1n) is 4.35. The Hall–Kier alpha value is -1.85. The number of methoxy groups -OCH3 is 1. The highest BCUT2D eigenvalue weighted by Crippen LogP contribution is 2.01. The van der Waals surface area contributed by atoms with Gasteiger partial charge in [-0.1, -0.05) is 0 Å². The molecule has 0 saturated carbocycles. The molecule has 1 heterocycles. The molecule has 0 saturated heterocycles. The highest BCUT2D eigenvalue weighted by atomic mass is 16.5. The van der Waals surface area contributed by atoms with Gasteiger partial charge in [0, 0.05) is 20.3 Å². The Balaban J connectivity index is 2.64. The molecular formula is C9H13N3O3. The average Bonchev–Trinajstić information content (AvgIpc) is 2.63. The number of aromatic nitrogens is 2. The standard InChI is InChI=1S/C9H13N3O3/c1-11(6-8(13)15-3)9(14)7-4-10-12(2)5-7/h4-5H,6H2,1-3H3. The summed E-state index contributed by atoms with van der Waals surface area (Å²) in [5.74, 6) is -0.705. The van der Waals surface area contributed by atoms with Crippen LogP contribution in [-0.2, 0) is 16.6 Å². The monoisotopic (exact) mass is 211 g/mol. The maximum Gasteiger partial charge on any atom is 0.325 e. The van der Waals surface area contributed by atoms with Gasteiger partial charge in [0.25, 0.3) is 5.91 Å². The van der Waals surface area contributed by atoms with Crippen LogP contribution in [-0.4, -0.2) is 47.3 Å². The number of aryl methyl sites for hydroxylation is 1.